The van der Waals surface area contributed by atoms with Gasteiger partial charge in [0, 0.05) is 12.5 Å². The molecule has 0 saturated carbocycles. The molecule has 0 unspecified atom stereocenters. The highest BCUT2D eigenvalue weighted by molar-refractivity contribution is 5.77. The van der Waals surface area contributed by atoms with Gasteiger partial charge in [0.2, 0.25) is 0 Å². The van der Waals surface area contributed by atoms with Crippen molar-refractivity contribution in [1.29, 1.82) is 0 Å². The molecule has 0 aliphatic rings. The number of fused-ring (bicyclic) bond motifs is 1. The monoisotopic (exact) mass is 342 g/mol. The second-order valence-corrected chi connectivity index (χ2v) is 5.87. The van der Waals surface area contributed by atoms with E-state index in [-0.39, 0.29) is 36.9 Å². The number of aryl methyl sites for hydroxylation is 1. The van der Waals surface area contributed by atoms with Gasteiger partial charge in [-0.1, -0.05) is 31.1 Å². The normalized spacial score (nSPS) is 11.2. The van der Waals surface area contributed by atoms with Gasteiger partial charge in [0.1, 0.15) is 0 Å². The molecule has 0 bridgehead atoms. The third-order valence-corrected chi connectivity index (χ3v) is 3.65. The molecule has 0 aliphatic heterocycles. The van der Waals surface area contributed by atoms with Gasteiger partial charge in [0.05, 0.1) is 23.7 Å². The highest BCUT2D eigenvalue weighted by Crippen LogP contribution is 2.10. The van der Waals surface area contributed by atoms with E-state index in [2.05, 4.69) is 15.1 Å². The maximum Gasteiger partial charge on any atom is 0.308 e. The Labute approximate surface area is 143 Å². The van der Waals surface area contributed by atoms with Crippen LogP contribution in [0.5, 0.6) is 0 Å². The fourth-order valence-electron chi connectivity index (χ4n) is 2.25. The van der Waals surface area contributed by atoms with Gasteiger partial charge in [0.15, 0.2) is 12.4 Å². The maximum absolute atomic E-state index is 12.3. The minimum absolute atomic E-state index is 0.0467. The Bertz CT molecular complexity index is 945. The zero-order valence-electron chi connectivity index (χ0n) is 14.0. The summed E-state index contributed by atoms with van der Waals surface area (Å²) in [6, 6.07) is 7.07. The summed E-state index contributed by atoms with van der Waals surface area (Å²) in [5, 5.41) is 4.32. The number of hydrogen-bond acceptors (Lipinski definition) is 7. The van der Waals surface area contributed by atoms with Crippen molar-refractivity contribution in [3.63, 3.8) is 0 Å². The standard InChI is InChI=1S/C17H18N4O4/c1-11(2)16-19-14(25-20-16)9-24-15(22)7-8-21-10-18-13-6-4-3-5-12(13)17(21)23/h3-6,10-11H,7-9H2,1-2H3. The van der Waals surface area contributed by atoms with Crippen LogP contribution in [0.2, 0.25) is 0 Å². The molecule has 25 heavy (non-hydrogen) atoms. The molecule has 8 heteroatoms. The van der Waals surface area contributed by atoms with Crippen LogP contribution in [0, 0.1) is 0 Å². The van der Waals surface area contributed by atoms with Crippen LogP contribution < -0.4 is 5.56 Å². The van der Waals surface area contributed by atoms with E-state index in [1.165, 1.54) is 10.9 Å². The molecule has 8 nitrogen and oxygen atoms in total. The summed E-state index contributed by atoms with van der Waals surface area (Å²) in [5.74, 6) is 0.506. The summed E-state index contributed by atoms with van der Waals surface area (Å²) >= 11 is 0. The Morgan fingerprint density at radius 1 is 1.32 bits per heavy atom. The summed E-state index contributed by atoms with van der Waals surface area (Å²) in [5.41, 5.74) is 0.445. The molecule has 0 saturated heterocycles. The second-order valence-electron chi connectivity index (χ2n) is 5.87. The van der Waals surface area contributed by atoms with Gasteiger partial charge in [-0.05, 0) is 12.1 Å². The highest BCUT2D eigenvalue weighted by Gasteiger charge is 2.12. The molecule has 3 rings (SSSR count). The molecule has 0 spiro atoms. The lowest BCUT2D eigenvalue weighted by Gasteiger charge is -2.06. The van der Waals surface area contributed by atoms with E-state index < -0.39 is 5.97 Å². The average Bonchev–Trinajstić information content (AvgIpc) is 3.09. The lowest BCUT2D eigenvalue weighted by atomic mass is 10.2. The van der Waals surface area contributed by atoms with Crippen LogP contribution in [0.3, 0.4) is 0 Å². The molecule has 0 aliphatic carbocycles. The van der Waals surface area contributed by atoms with Gasteiger partial charge >= 0.3 is 5.97 Å². The van der Waals surface area contributed by atoms with Crippen molar-refractivity contribution in [2.75, 3.05) is 0 Å². The number of benzene rings is 1. The van der Waals surface area contributed by atoms with Crippen LogP contribution in [0.25, 0.3) is 10.9 Å². The van der Waals surface area contributed by atoms with E-state index in [1.807, 2.05) is 19.9 Å². The SMILES string of the molecule is CC(C)c1noc(COC(=O)CCn2cnc3ccccc3c2=O)n1. The summed E-state index contributed by atoms with van der Waals surface area (Å²) in [6.45, 7) is 3.99. The predicted octanol–water partition coefficient (Wildman–Crippen LogP) is 2.04. The van der Waals surface area contributed by atoms with Gasteiger partial charge in [0.25, 0.3) is 11.4 Å². The highest BCUT2D eigenvalue weighted by atomic mass is 16.6. The maximum atomic E-state index is 12.3. The van der Waals surface area contributed by atoms with E-state index in [1.54, 1.807) is 18.2 Å². The number of carbonyl (C=O) groups excluding carboxylic acids is 1. The van der Waals surface area contributed by atoms with E-state index >= 15 is 0 Å². The minimum atomic E-state index is -0.454. The average molecular weight is 342 g/mol. The second kappa shape index (κ2) is 7.25. The number of esters is 1. The van der Waals surface area contributed by atoms with Crippen LogP contribution in [0.4, 0.5) is 0 Å². The Balaban J connectivity index is 1.57. The first-order chi connectivity index (χ1) is 12.0. The summed E-state index contributed by atoms with van der Waals surface area (Å²) in [4.78, 5) is 32.5. The summed E-state index contributed by atoms with van der Waals surface area (Å²) in [7, 11) is 0. The van der Waals surface area contributed by atoms with Crippen LogP contribution in [0.15, 0.2) is 39.9 Å². The number of nitrogens with zero attached hydrogens (tertiary/aromatic N) is 4. The smallest absolute Gasteiger partial charge is 0.308 e. The van der Waals surface area contributed by atoms with Crippen LogP contribution in [-0.2, 0) is 22.7 Å². The molecule has 0 amide bonds. The molecule has 0 atom stereocenters. The number of aromatic nitrogens is 4. The number of ether oxygens (including phenoxy) is 1. The molecular weight excluding hydrogens is 324 g/mol. The first-order valence-corrected chi connectivity index (χ1v) is 7.97. The molecule has 1 aromatic carbocycles. The quantitative estimate of drug-likeness (QED) is 0.632. The molecule has 0 fully saturated rings. The fraction of sp³-hybridized carbons (Fsp3) is 0.353. The molecule has 3 aromatic rings. The minimum Gasteiger partial charge on any atom is -0.456 e. The van der Waals surface area contributed by atoms with Crippen molar-refractivity contribution in [1.82, 2.24) is 19.7 Å². The van der Waals surface area contributed by atoms with Crippen LogP contribution in [-0.4, -0.2) is 25.7 Å². The fourth-order valence-corrected chi connectivity index (χ4v) is 2.25. The van der Waals surface area contributed by atoms with Crippen molar-refractivity contribution in [2.24, 2.45) is 0 Å². The molecule has 2 aromatic heterocycles. The van der Waals surface area contributed by atoms with Crippen molar-refractivity contribution >= 4 is 16.9 Å². The first-order valence-electron chi connectivity index (χ1n) is 7.97. The van der Waals surface area contributed by atoms with Gasteiger partial charge in [-0.3, -0.25) is 14.2 Å². The van der Waals surface area contributed by atoms with Gasteiger partial charge in [-0.25, -0.2) is 4.98 Å². The summed E-state index contributed by atoms with van der Waals surface area (Å²) < 4.78 is 11.5. The Morgan fingerprint density at radius 3 is 2.88 bits per heavy atom. The van der Waals surface area contributed by atoms with Gasteiger partial charge < -0.3 is 9.26 Å². The zero-order valence-corrected chi connectivity index (χ0v) is 14.0. The first kappa shape index (κ1) is 16.8. The molecule has 2 heterocycles. The number of rotatable bonds is 6. The van der Waals surface area contributed by atoms with Crippen molar-refractivity contribution < 1.29 is 14.1 Å². The number of para-hydroxylation sites is 1. The van der Waals surface area contributed by atoms with E-state index in [9.17, 15) is 9.59 Å². The van der Waals surface area contributed by atoms with Crippen LogP contribution >= 0.6 is 0 Å². The Morgan fingerprint density at radius 2 is 2.12 bits per heavy atom. The largest absolute Gasteiger partial charge is 0.456 e. The molecular formula is C17H18N4O4. The van der Waals surface area contributed by atoms with Crippen molar-refractivity contribution in [3.05, 3.63) is 52.7 Å². The van der Waals surface area contributed by atoms with Crippen LogP contribution in [0.1, 0.15) is 37.9 Å². The van der Waals surface area contributed by atoms with Crippen molar-refractivity contribution in [3.8, 4) is 0 Å². The summed E-state index contributed by atoms with van der Waals surface area (Å²) in [6.07, 6.45) is 1.48. The lowest BCUT2D eigenvalue weighted by Crippen LogP contribution is -2.22. The molecule has 130 valence electrons. The Hall–Kier alpha value is -3.03. The third-order valence-electron chi connectivity index (χ3n) is 3.65. The topological polar surface area (TPSA) is 100 Å². The van der Waals surface area contributed by atoms with E-state index in [0.29, 0.717) is 16.7 Å². The lowest BCUT2D eigenvalue weighted by molar-refractivity contribution is -0.146. The van der Waals surface area contributed by atoms with Gasteiger partial charge in [-0.15, -0.1) is 0 Å². The predicted molar refractivity (Wildman–Crippen MR) is 88.8 cm³/mol. The van der Waals surface area contributed by atoms with E-state index in [4.69, 9.17) is 9.26 Å². The number of hydrogen-bond donors (Lipinski definition) is 0. The van der Waals surface area contributed by atoms with Gasteiger partial charge in [-0.2, -0.15) is 4.98 Å². The van der Waals surface area contributed by atoms with Crippen molar-refractivity contribution in [2.45, 2.75) is 39.3 Å². The third kappa shape index (κ3) is 3.90. The molecule has 0 N–H and O–H groups in total. The Kier molecular flexibility index (Phi) is 4.87. The zero-order chi connectivity index (χ0) is 17.8. The molecule has 0 radical (unpaired) electrons. The van der Waals surface area contributed by atoms with E-state index in [0.717, 1.165) is 0 Å². The number of carbonyl (C=O) groups is 1.